The number of nitrogens with zero attached hydrogens (tertiary/aromatic N) is 2. The summed E-state index contributed by atoms with van der Waals surface area (Å²) < 4.78 is 21.7. The maximum Gasteiger partial charge on any atom is 0.216 e. The molecule has 1 aliphatic rings. The first-order valence-corrected chi connectivity index (χ1v) is 8.00. The summed E-state index contributed by atoms with van der Waals surface area (Å²) in [5.74, 6) is 1.92. The second-order valence-electron chi connectivity index (χ2n) is 5.53. The lowest BCUT2D eigenvalue weighted by atomic mass is 10.0. The van der Waals surface area contributed by atoms with Crippen molar-refractivity contribution in [1.29, 1.82) is 0 Å². The van der Waals surface area contributed by atoms with Gasteiger partial charge in [-0.05, 0) is 24.3 Å². The van der Waals surface area contributed by atoms with E-state index in [4.69, 9.17) is 18.9 Å². The molecule has 1 N–H and O–H groups in total. The van der Waals surface area contributed by atoms with E-state index < -0.39 is 6.04 Å². The molecule has 1 atom stereocenters. The zero-order chi connectivity index (χ0) is 18.5. The summed E-state index contributed by atoms with van der Waals surface area (Å²) in [6, 6.07) is 12.6. The van der Waals surface area contributed by atoms with Gasteiger partial charge in [0.15, 0.2) is 11.5 Å². The summed E-state index contributed by atoms with van der Waals surface area (Å²) in [6.07, 6.45) is 0. The van der Waals surface area contributed by atoms with Crippen LogP contribution >= 0.6 is 0 Å². The Morgan fingerprint density at radius 1 is 1.08 bits per heavy atom. The molecule has 2 aromatic carbocycles. The van der Waals surface area contributed by atoms with E-state index in [2.05, 4.69) is 10.1 Å². The normalized spacial score (nSPS) is 16.7. The monoisotopic (exact) mass is 356 g/mol. The van der Waals surface area contributed by atoms with Crippen LogP contribution in [-0.4, -0.2) is 50.8 Å². The lowest BCUT2D eigenvalue weighted by Crippen LogP contribution is -2.21. The standard InChI is InChI=1S/C19H20N2O5/c1-23-15-9-13(10-16(24-2)18(15)25-3)17(21-22)14-11-26-19(20-14)12-7-5-4-6-8-12/h4-10,14,22H,11H2,1-3H3/b21-17+. The molecule has 2 aromatic rings. The maximum absolute atomic E-state index is 9.60. The number of hydrogen-bond donors (Lipinski definition) is 1. The Balaban J connectivity index is 1.96. The number of benzene rings is 2. The summed E-state index contributed by atoms with van der Waals surface area (Å²) >= 11 is 0. The minimum absolute atomic E-state index is 0.278. The molecule has 0 bridgehead atoms. The van der Waals surface area contributed by atoms with Crippen molar-refractivity contribution in [1.82, 2.24) is 0 Å². The zero-order valence-corrected chi connectivity index (χ0v) is 14.8. The molecule has 0 aromatic heterocycles. The molecule has 0 radical (unpaired) electrons. The first-order valence-electron chi connectivity index (χ1n) is 8.00. The summed E-state index contributed by atoms with van der Waals surface area (Å²) in [5, 5.41) is 13.1. The van der Waals surface area contributed by atoms with Crippen molar-refractivity contribution in [2.24, 2.45) is 10.1 Å². The Labute approximate surface area is 151 Å². The van der Waals surface area contributed by atoms with Crippen molar-refractivity contribution in [2.45, 2.75) is 6.04 Å². The molecule has 26 heavy (non-hydrogen) atoms. The van der Waals surface area contributed by atoms with Crippen molar-refractivity contribution >= 4 is 11.6 Å². The lowest BCUT2D eigenvalue weighted by molar-refractivity contribution is 0.308. The first-order chi connectivity index (χ1) is 12.7. The topological polar surface area (TPSA) is 81.9 Å². The molecule has 1 unspecified atom stereocenters. The van der Waals surface area contributed by atoms with Crippen LogP contribution in [-0.2, 0) is 4.74 Å². The van der Waals surface area contributed by atoms with E-state index in [1.165, 1.54) is 21.3 Å². The van der Waals surface area contributed by atoms with Gasteiger partial charge in [0.25, 0.3) is 0 Å². The average Bonchev–Trinajstić information content (AvgIpc) is 3.18. The van der Waals surface area contributed by atoms with Crippen molar-refractivity contribution in [2.75, 3.05) is 27.9 Å². The van der Waals surface area contributed by atoms with E-state index in [1.54, 1.807) is 12.1 Å². The number of hydrogen-bond acceptors (Lipinski definition) is 7. The Hall–Kier alpha value is -3.22. The number of rotatable bonds is 6. The third-order valence-electron chi connectivity index (χ3n) is 4.06. The SMILES string of the molecule is COc1cc(/C(=N\O)C2COC(c3ccccc3)=N2)cc(OC)c1OC. The second-order valence-corrected chi connectivity index (χ2v) is 5.53. The van der Waals surface area contributed by atoms with Crippen LogP contribution in [0.1, 0.15) is 11.1 Å². The summed E-state index contributed by atoms with van der Waals surface area (Å²) in [5.41, 5.74) is 1.83. The summed E-state index contributed by atoms with van der Waals surface area (Å²) in [6.45, 7) is 0.278. The van der Waals surface area contributed by atoms with Gasteiger partial charge in [-0.15, -0.1) is 0 Å². The molecule has 0 fully saturated rings. The van der Waals surface area contributed by atoms with Crippen molar-refractivity contribution < 1.29 is 24.2 Å². The largest absolute Gasteiger partial charge is 0.493 e. The highest BCUT2D eigenvalue weighted by Crippen LogP contribution is 2.38. The number of aliphatic imine (C=N–C) groups is 1. The fraction of sp³-hybridized carbons (Fsp3) is 0.263. The predicted octanol–water partition coefficient (Wildman–Crippen LogP) is 2.74. The lowest BCUT2D eigenvalue weighted by Gasteiger charge is -2.15. The molecular weight excluding hydrogens is 336 g/mol. The first kappa shape index (κ1) is 17.6. The molecule has 0 aliphatic carbocycles. The Bertz CT molecular complexity index is 808. The average molecular weight is 356 g/mol. The number of oxime groups is 1. The highest BCUT2D eigenvalue weighted by Gasteiger charge is 2.28. The summed E-state index contributed by atoms with van der Waals surface area (Å²) in [4.78, 5) is 4.55. The molecule has 1 aliphatic heterocycles. The zero-order valence-electron chi connectivity index (χ0n) is 14.8. The van der Waals surface area contributed by atoms with Gasteiger partial charge >= 0.3 is 0 Å². The fourth-order valence-electron chi connectivity index (χ4n) is 2.80. The third-order valence-corrected chi connectivity index (χ3v) is 4.06. The van der Waals surface area contributed by atoms with Gasteiger partial charge in [-0.25, -0.2) is 4.99 Å². The minimum atomic E-state index is -0.446. The van der Waals surface area contributed by atoms with Crippen molar-refractivity contribution in [3.05, 3.63) is 53.6 Å². The molecule has 7 nitrogen and oxygen atoms in total. The molecule has 3 rings (SSSR count). The maximum atomic E-state index is 9.60. The quantitative estimate of drug-likeness (QED) is 0.489. The molecule has 0 spiro atoms. The second kappa shape index (κ2) is 7.77. The van der Waals surface area contributed by atoms with Gasteiger partial charge in [0.1, 0.15) is 18.4 Å². The molecular formula is C19H20N2O5. The van der Waals surface area contributed by atoms with Gasteiger partial charge in [-0.3, -0.25) is 0 Å². The van der Waals surface area contributed by atoms with Crippen LogP contribution in [0.3, 0.4) is 0 Å². The van der Waals surface area contributed by atoms with Gasteiger partial charge in [0.2, 0.25) is 11.6 Å². The van der Waals surface area contributed by atoms with E-state index in [-0.39, 0.29) is 6.61 Å². The van der Waals surface area contributed by atoms with Crippen LogP contribution < -0.4 is 14.2 Å². The van der Waals surface area contributed by atoms with Crippen LogP contribution in [0.5, 0.6) is 17.2 Å². The third kappa shape index (κ3) is 3.28. The van der Waals surface area contributed by atoms with Crippen LogP contribution in [0.4, 0.5) is 0 Å². The van der Waals surface area contributed by atoms with Gasteiger partial charge < -0.3 is 24.2 Å². The highest BCUT2D eigenvalue weighted by atomic mass is 16.5. The highest BCUT2D eigenvalue weighted by molar-refractivity contribution is 6.08. The predicted molar refractivity (Wildman–Crippen MR) is 97.1 cm³/mol. The van der Waals surface area contributed by atoms with Gasteiger partial charge in [0.05, 0.1) is 21.3 Å². The van der Waals surface area contributed by atoms with E-state index in [0.717, 1.165) is 5.56 Å². The molecule has 0 amide bonds. The van der Waals surface area contributed by atoms with Crippen molar-refractivity contribution in [3.63, 3.8) is 0 Å². The van der Waals surface area contributed by atoms with Crippen LogP contribution in [0.2, 0.25) is 0 Å². The summed E-state index contributed by atoms with van der Waals surface area (Å²) in [7, 11) is 4.59. The molecule has 0 saturated heterocycles. The molecule has 0 saturated carbocycles. The van der Waals surface area contributed by atoms with Gasteiger partial charge in [0, 0.05) is 11.1 Å². The van der Waals surface area contributed by atoms with E-state index >= 15 is 0 Å². The van der Waals surface area contributed by atoms with Crippen LogP contribution in [0.15, 0.2) is 52.6 Å². The van der Waals surface area contributed by atoms with E-state index in [0.29, 0.717) is 34.4 Å². The smallest absolute Gasteiger partial charge is 0.216 e. The molecule has 1 heterocycles. The Morgan fingerprint density at radius 2 is 1.73 bits per heavy atom. The van der Waals surface area contributed by atoms with Crippen molar-refractivity contribution in [3.8, 4) is 17.2 Å². The Kier molecular flexibility index (Phi) is 5.26. The fourth-order valence-corrected chi connectivity index (χ4v) is 2.80. The van der Waals surface area contributed by atoms with E-state index in [9.17, 15) is 5.21 Å². The van der Waals surface area contributed by atoms with Crippen LogP contribution in [0.25, 0.3) is 0 Å². The Morgan fingerprint density at radius 3 is 2.27 bits per heavy atom. The molecule has 7 heteroatoms. The number of methoxy groups -OCH3 is 3. The van der Waals surface area contributed by atoms with Crippen LogP contribution in [0, 0.1) is 0 Å². The minimum Gasteiger partial charge on any atom is -0.493 e. The molecule has 136 valence electrons. The van der Waals surface area contributed by atoms with Gasteiger partial charge in [-0.2, -0.15) is 0 Å². The van der Waals surface area contributed by atoms with Gasteiger partial charge in [-0.1, -0.05) is 23.4 Å². The van der Waals surface area contributed by atoms with E-state index in [1.807, 2.05) is 30.3 Å². The number of ether oxygens (including phenoxy) is 4.